The third-order valence-electron chi connectivity index (χ3n) is 6.40. The average Bonchev–Trinajstić information content (AvgIpc) is 3.10. The van der Waals surface area contributed by atoms with E-state index in [1.54, 1.807) is 24.0 Å². The first-order valence-electron chi connectivity index (χ1n) is 11.4. The summed E-state index contributed by atoms with van der Waals surface area (Å²) in [5.41, 5.74) is 3.63. The highest BCUT2D eigenvalue weighted by molar-refractivity contribution is 5.97. The normalized spacial score (nSPS) is 15.5. The van der Waals surface area contributed by atoms with Gasteiger partial charge in [-0.1, -0.05) is 0 Å². The number of anilines is 1. The summed E-state index contributed by atoms with van der Waals surface area (Å²) in [7, 11) is 3.42. The van der Waals surface area contributed by atoms with Crippen molar-refractivity contribution in [1.82, 2.24) is 14.9 Å². The largest absolute Gasteiger partial charge is 0.465 e. The molecule has 1 aliphatic carbocycles. The number of methoxy groups -OCH3 is 1. The smallest absolute Gasteiger partial charge is 0.257 e. The summed E-state index contributed by atoms with van der Waals surface area (Å²) >= 11 is 0. The van der Waals surface area contributed by atoms with Crippen LogP contribution < -0.4 is 4.90 Å². The lowest BCUT2D eigenvalue weighted by Crippen LogP contribution is -2.38. The van der Waals surface area contributed by atoms with Gasteiger partial charge >= 0.3 is 0 Å². The van der Waals surface area contributed by atoms with E-state index in [-0.39, 0.29) is 18.4 Å². The number of nitrogens with zero attached hydrogens (tertiary/aromatic N) is 4. The Hall–Kier alpha value is -2.74. The Morgan fingerprint density at radius 3 is 2.69 bits per heavy atom. The number of aryl methyl sites for hydroxylation is 3. The zero-order valence-corrected chi connectivity index (χ0v) is 19.5. The molecule has 0 N–H and O–H groups in total. The van der Waals surface area contributed by atoms with E-state index in [0.29, 0.717) is 49.0 Å². The highest BCUT2D eigenvalue weighted by Crippen LogP contribution is 2.31. The molecule has 0 atom stereocenters. The summed E-state index contributed by atoms with van der Waals surface area (Å²) < 4.78 is 11.0. The highest BCUT2D eigenvalue weighted by Gasteiger charge is 2.30. The molecule has 0 unspecified atom stereocenters. The predicted octanol–water partition coefficient (Wildman–Crippen LogP) is 3.15. The summed E-state index contributed by atoms with van der Waals surface area (Å²) in [4.78, 5) is 38.7. The molecule has 4 rings (SSSR count). The Morgan fingerprint density at radius 1 is 1.12 bits per heavy atom. The first kappa shape index (κ1) is 22.5. The van der Waals surface area contributed by atoms with Crippen molar-refractivity contribution >= 4 is 17.6 Å². The van der Waals surface area contributed by atoms with E-state index in [2.05, 4.69) is 4.98 Å². The van der Waals surface area contributed by atoms with Crippen molar-refractivity contribution in [2.75, 3.05) is 32.2 Å². The van der Waals surface area contributed by atoms with Crippen LogP contribution >= 0.6 is 0 Å². The molecule has 2 aromatic heterocycles. The lowest BCUT2D eigenvalue weighted by molar-refractivity contribution is -0.119. The maximum absolute atomic E-state index is 13.3. The van der Waals surface area contributed by atoms with E-state index in [4.69, 9.17) is 14.1 Å². The van der Waals surface area contributed by atoms with Gasteiger partial charge in [-0.15, -0.1) is 0 Å². The number of hydrogen-bond donors (Lipinski definition) is 0. The number of furan rings is 1. The summed E-state index contributed by atoms with van der Waals surface area (Å²) in [6.07, 6.45) is 5.81. The van der Waals surface area contributed by atoms with Crippen LogP contribution in [0.1, 0.15) is 70.2 Å². The van der Waals surface area contributed by atoms with Crippen molar-refractivity contribution in [2.45, 2.75) is 65.3 Å². The van der Waals surface area contributed by atoms with Gasteiger partial charge < -0.3 is 14.1 Å². The first-order valence-corrected chi connectivity index (χ1v) is 11.4. The molecule has 8 nitrogen and oxygen atoms in total. The lowest BCUT2D eigenvalue weighted by Gasteiger charge is -2.29. The van der Waals surface area contributed by atoms with Crippen molar-refractivity contribution in [3.63, 3.8) is 0 Å². The van der Waals surface area contributed by atoms with Crippen LogP contribution in [0, 0.1) is 13.8 Å². The highest BCUT2D eigenvalue weighted by atomic mass is 16.5. The van der Waals surface area contributed by atoms with E-state index in [0.717, 1.165) is 54.7 Å². The molecule has 0 aromatic carbocycles. The standard InChI is InChI=1S/C24H32N4O4/c1-15-17-10-11-21(29)28(12-7-13-31-4)23(17)26-20(25-15)14-27(3)24(30)22-16(2)32-19-9-6-5-8-18(19)22/h5-14H2,1-4H3. The van der Waals surface area contributed by atoms with E-state index < -0.39 is 0 Å². The molecule has 8 heteroatoms. The lowest BCUT2D eigenvalue weighted by atomic mass is 9.94. The van der Waals surface area contributed by atoms with Gasteiger partial charge in [-0.25, -0.2) is 9.97 Å². The Labute approximate surface area is 189 Å². The average molecular weight is 441 g/mol. The summed E-state index contributed by atoms with van der Waals surface area (Å²) in [6.45, 7) is 5.23. The molecular formula is C24H32N4O4. The van der Waals surface area contributed by atoms with Gasteiger partial charge in [-0.2, -0.15) is 0 Å². The van der Waals surface area contributed by atoms with Crippen LogP contribution in [0.25, 0.3) is 0 Å². The fraction of sp³-hybridized carbons (Fsp3) is 0.583. The van der Waals surface area contributed by atoms with Crippen LogP contribution in [0.4, 0.5) is 5.82 Å². The molecule has 32 heavy (non-hydrogen) atoms. The molecule has 1 aliphatic heterocycles. The molecular weight excluding hydrogens is 408 g/mol. The number of ether oxygens (including phenoxy) is 1. The van der Waals surface area contributed by atoms with Gasteiger partial charge in [0, 0.05) is 57.0 Å². The van der Waals surface area contributed by atoms with Crippen molar-refractivity contribution in [2.24, 2.45) is 0 Å². The fourth-order valence-corrected chi connectivity index (χ4v) is 4.76. The molecule has 3 heterocycles. The Kier molecular flexibility index (Phi) is 6.60. The summed E-state index contributed by atoms with van der Waals surface area (Å²) in [6, 6.07) is 0. The van der Waals surface area contributed by atoms with Crippen molar-refractivity contribution in [1.29, 1.82) is 0 Å². The molecule has 0 fully saturated rings. The number of rotatable bonds is 7. The minimum atomic E-state index is -0.0681. The minimum absolute atomic E-state index is 0.0681. The van der Waals surface area contributed by atoms with Gasteiger partial charge in [0.1, 0.15) is 23.2 Å². The Morgan fingerprint density at radius 2 is 1.91 bits per heavy atom. The second kappa shape index (κ2) is 9.40. The molecule has 0 saturated heterocycles. The van der Waals surface area contributed by atoms with Gasteiger partial charge in [0.15, 0.2) is 0 Å². The van der Waals surface area contributed by atoms with Crippen LogP contribution in [-0.2, 0) is 35.3 Å². The maximum Gasteiger partial charge on any atom is 0.257 e. The molecule has 0 bridgehead atoms. The maximum atomic E-state index is 13.3. The molecule has 172 valence electrons. The van der Waals surface area contributed by atoms with E-state index in [1.165, 1.54) is 0 Å². The van der Waals surface area contributed by atoms with E-state index in [1.807, 2.05) is 13.8 Å². The summed E-state index contributed by atoms with van der Waals surface area (Å²) in [5, 5.41) is 0. The topological polar surface area (TPSA) is 88.8 Å². The van der Waals surface area contributed by atoms with Crippen LogP contribution in [0.2, 0.25) is 0 Å². The quantitative estimate of drug-likeness (QED) is 0.615. The Bertz CT molecular complexity index is 1030. The van der Waals surface area contributed by atoms with Crippen molar-refractivity contribution in [3.05, 3.63) is 39.7 Å². The zero-order chi connectivity index (χ0) is 22.8. The molecule has 2 aromatic rings. The van der Waals surface area contributed by atoms with Gasteiger partial charge in [-0.05, 0) is 46.0 Å². The zero-order valence-electron chi connectivity index (χ0n) is 19.5. The van der Waals surface area contributed by atoms with Crippen LogP contribution in [0.15, 0.2) is 4.42 Å². The number of carbonyl (C=O) groups is 2. The van der Waals surface area contributed by atoms with Crippen molar-refractivity contribution in [3.8, 4) is 0 Å². The first-order chi connectivity index (χ1) is 15.4. The minimum Gasteiger partial charge on any atom is -0.465 e. The predicted molar refractivity (Wildman–Crippen MR) is 120 cm³/mol. The van der Waals surface area contributed by atoms with Crippen LogP contribution in [0.3, 0.4) is 0 Å². The van der Waals surface area contributed by atoms with Gasteiger partial charge in [0.2, 0.25) is 5.91 Å². The fourth-order valence-electron chi connectivity index (χ4n) is 4.76. The third-order valence-corrected chi connectivity index (χ3v) is 6.40. The molecule has 0 radical (unpaired) electrons. The number of aromatic nitrogens is 2. The van der Waals surface area contributed by atoms with Gasteiger partial charge in [-0.3, -0.25) is 14.5 Å². The second-order valence-electron chi connectivity index (χ2n) is 8.72. The molecule has 2 amide bonds. The van der Waals surface area contributed by atoms with Crippen LogP contribution in [-0.4, -0.2) is 54.0 Å². The number of fused-ring (bicyclic) bond motifs is 2. The van der Waals surface area contributed by atoms with Gasteiger partial charge in [0.25, 0.3) is 5.91 Å². The number of amides is 2. The van der Waals surface area contributed by atoms with Crippen molar-refractivity contribution < 1.29 is 18.7 Å². The monoisotopic (exact) mass is 440 g/mol. The summed E-state index contributed by atoms with van der Waals surface area (Å²) in [5.74, 6) is 2.86. The molecule has 0 spiro atoms. The van der Waals surface area contributed by atoms with E-state index in [9.17, 15) is 9.59 Å². The molecule has 2 aliphatic rings. The molecule has 0 saturated carbocycles. The number of carbonyl (C=O) groups excluding carboxylic acids is 2. The Balaban J connectivity index is 1.57. The van der Waals surface area contributed by atoms with Gasteiger partial charge in [0.05, 0.1) is 12.1 Å². The second-order valence-corrected chi connectivity index (χ2v) is 8.72. The SMILES string of the molecule is COCCCN1C(=O)CCc2c(C)nc(CN(C)C(=O)c3c(C)oc4c3CCCC4)nc21. The van der Waals surface area contributed by atoms with Crippen LogP contribution in [0.5, 0.6) is 0 Å². The van der Waals surface area contributed by atoms with E-state index >= 15 is 0 Å². The number of hydrogen-bond acceptors (Lipinski definition) is 6. The third kappa shape index (κ3) is 4.28.